The number of aryl methyl sites for hydroxylation is 1. The lowest BCUT2D eigenvalue weighted by Gasteiger charge is -2.25. The number of hydrogen-bond donors (Lipinski definition) is 2. The van der Waals surface area contributed by atoms with E-state index in [9.17, 15) is 9.90 Å². The molecule has 0 bridgehead atoms. The van der Waals surface area contributed by atoms with Crippen molar-refractivity contribution < 1.29 is 9.90 Å². The number of nitrogens with one attached hydrogen (secondary N) is 1. The van der Waals surface area contributed by atoms with Gasteiger partial charge in [0.05, 0.1) is 16.8 Å². The first-order valence-electron chi connectivity index (χ1n) is 5.85. The van der Waals surface area contributed by atoms with E-state index >= 15 is 0 Å². The first kappa shape index (κ1) is 14.9. The Morgan fingerprint density at radius 2 is 2.28 bits per heavy atom. The van der Waals surface area contributed by atoms with Crippen LogP contribution in [0.2, 0.25) is 0 Å². The molecule has 2 N–H and O–H groups in total. The van der Waals surface area contributed by atoms with E-state index in [-0.39, 0.29) is 17.9 Å². The molecule has 100 valence electrons. The molecule has 0 fully saturated rings. The van der Waals surface area contributed by atoms with Gasteiger partial charge < -0.3 is 10.4 Å². The Hall–Kier alpha value is -1.20. The van der Waals surface area contributed by atoms with Crippen LogP contribution < -0.4 is 5.32 Å². The highest BCUT2D eigenvalue weighted by Gasteiger charge is 2.21. The molecule has 1 aromatic heterocycles. The number of aromatic nitrogens is 1. The average Bonchev–Trinajstić information content (AvgIpc) is 2.67. The second-order valence-electron chi connectivity index (χ2n) is 5.25. The Morgan fingerprint density at radius 1 is 1.61 bits per heavy atom. The predicted octanol–water partition coefficient (Wildman–Crippen LogP) is 1.99. The van der Waals surface area contributed by atoms with Crippen molar-refractivity contribution in [2.45, 2.75) is 33.8 Å². The van der Waals surface area contributed by atoms with Crippen LogP contribution in [0.5, 0.6) is 0 Å². The third-order valence-electron chi connectivity index (χ3n) is 2.51. The lowest BCUT2D eigenvalue weighted by Crippen LogP contribution is -2.38. The van der Waals surface area contributed by atoms with Crippen LogP contribution in [0.15, 0.2) is 11.5 Å². The number of amides is 1. The van der Waals surface area contributed by atoms with E-state index in [4.69, 9.17) is 0 Å². The summed E-state index contributed by atoms with van der Waals surface area (Å²) in [5.41, 5.74) is 0.548. The van der Waals surface area contributed by atoms with Crippen molar-refractivity contribution in [2.24, 2.45) is 5.41 Å². The zero-order chi connectivity index (χ0) is 13.8. The van der Waals surface area contributed by atoms with Gasteiger partial charge in [0.1, 0.15) is 0 Å². The SMILES string of the molecule is Cc1nc(/C=C/C(=O)NCC(O)C(C)(C)C)cs1. The van der Waals surface area contributed by atoms with Gasteiger partial charge in [0, 0.05) is 18.0 Å². The van der Waals surface area contributed by atoms with Gasteiger partial charge in [-0.15, -0.1) is 11.3 Å². The Morgan fingerprint density at radius 3 is 2.78 bits per heavy atom. The fraction of sp³-hybridized carbons (Fsp3) is 0.538. The summed E-state index contributed by atoms with van der Waals surface area (Å²) in [4.78, 5) is 15.7. The molecule has 1 aromatic rings. The van der Waals surface area contributed by atoms with Gasteiger partial charge in [0.2, 0.25) is 5.91 Å². The third kappa shape index (κ3) is 4.98. The van der Waals surface area contributed by atoms with Crippen LogP contribution in [0.25, 0.3) is 6.08 Å². The monoisotopic (exact) mass is 268 g/mol. The zero-order valence-electron chi connectivity index (χ0n) is 11.2. The highest BCUT2D eigenvalue weighted by atomic mass is 32.1. The van der Waals surface area contributed by atoms with Crippen molar-refractivity contribution in [3.05, 3.63) is 22.2 Å². The maximum absolute atomic E-state index is 11.5. The average molecular weight is 268 g/mol. The number of carbonyl (C=O) groups excluding carboxylic acids is 1. The van der Waals surface area contributed by atoms with Crippen molar-refractivity contribution in [3.63, 3.8) is 0 Å². The molecule has 0 spiro atoms. The summed E-state index contributed by atoms with van der Waals surface area (Å²) in [6.07, 6.45) is 2.54. The van der Waals surface area contributed by atoms with Crippen LogP contribution in [0.1, 0.15) is 31.5 Å². The van der Waals surface area contributed by atoms with E-state index in [1.807, 2.05) is 33.1 Å². The molecule has 0 saturated heterocycles. The third-order valence-corrected chi connectivity index (χ3v) is 3.30. The highest BCUT2D eigenvalue weighted by molar-refractivity contribution is 7.09. The second-order valence-corrected chi connectivity index (χ2v) is 6.31. The molecule has 1 heterocycles. The van der Waals surface area contributed by atoms with E-state index in [0.29, 0.717) is 0 Å². The molecule has 0 radical (unpaired) electrons. The summed E-state index contributed by atoms with van der Waals surface area (Å²) < 4.78 is 0. The van der Waals surface area contributed by atoms with Crippen molar-refractivity contribution in [2.75, 3.05) is 6.54 Å². The molecular weight excluding hydrogens is 248 g/mol. The normalized spacial score (nSPS) is 13.8. The number of hydrogen-bond acceptors (Lipinski definition) is 4. The molecule has 18 heavy (non-hydrogen) atoms. The van der Waals surface area contributed by atoms with Gasteiger partial charge in [-0.2, -0.15) is 0 Å². The molecular formula is C13H20N2O2S. The van der Waals surface area contributed by atoms with Gasteiger partial charge in [-0.3, -0.25) is 4.79 Å². The Bertz CT molecular complexity index is 432. The number of rotatable bonds is 4. The lowest BCUT2D eigenvalue weighted by molar-refractivity contribution is -0.117. The van der Waals surface area contributed by atoms with E-state index in [0.717, 1.165) is 10.7 Å². The standard InChI is InChI=1S/C13H20N2O2S/c1-9-15-10(8-18-9)5-6-12(17)14-7-11(16)13(2,3)4/h5-6,8,11,16H,7H2,1-4H3,(H,14,17)/b6-5+. The molecule has 1 unspecified atom stereocenters. The topological polar surface area (TPSA) is 62.2 Å². The first-order valence-corrected chi connectivity index (χ1v) is 6.73. The van der Waals surface area contributed by atoms with Crippen LogP contribution in [-0.4, -0.2) is 28.6 Å². The molecule has 0 aliphatic heterocycles. The summed E-state index contributed by atoms with van der Waals surface area (Å²) in [5, 5.41) is 15.3. The fourth-order valence-electron chi connectivity index (χ4n) is 1.18. The van der Waals surface area contributed by atoms with E-state index in [1.165, 1.54) is 6.08 Å². The van der Waals surface area contributed by atoms with Crippen LogP contribution in [0.3, 0.4) is 0 Å². The van der Waals surface area contributed by atoms with Crippen molar-refractivity contribution in [3.8, 4) is 0 Å². The smallest absolute Gasteiger partial charge is 0.244 e. The number of thiazole rings is 1. The Labute approximate surface area is 112 Å². The van der Waals surface area contributed by atoms with Gasteiger partial charge in [-0.05, 0) is 18.4 Å². The first-order chi connectivity index (χ1) is 8.29. The Balaban J connectivity index is 2.41. The van der Waals surface area contributed by atoms with Gasteiger partial charge in [0.25, 0.3) is 0 Å². The number of nitrogens with zero attached hydrogens (tertiary/aromatic N) is 1. The molecule has 4 nitrogen and oxygen atoms in total. The van der Waals surface area contributed by atoms with Gasteiger partial charge in [-0.25, -0.2) is 4.98 Å². The lowest BCUT2D eigenvalue weighted by atomic mass is 9.89. The number of aliphatic hydroxyl groups excluding tert-OH is 1. The minimum absolute atomic E-state index is 0.219. The van der Waals surface area contributed by atoms with Crippen molar-refractivity contribution in [1.82, 2.24) is 10.3 Å². The Kier molecular flexibility index (Phi) is 5.04. The molecule has 5 heteroatoms. The van der Waals surface area contributed by atoms with E-state index < -0.39 is 6.10 Å². The molecule has 1 rings (SSSR count). The van der Waals surface area contributed by atoms with Crippen LogP contribution in [0.4, 0.5) is 0 Å². The quantitative estimate of drug-likeness (QED) is 0.821. The highest BCUT2D eigenvalue weighted by Crippen LogP contribution is 2.18. The minimum Gasteiger partial charge on any atom is -0.391 e. The van der Waals surface area contributed by atoms with Gasteiger partial charge in [0.15, 0.2) is 0 Å². The fourth-order valence-corrected chi connectivity index (χ4v) is 1.76. The van der Waals surface area contributed by atoms with Gasteiger partial charge in [-0.1, -0.05) is 20.8 Å². The van der Waals surface area contributed by atoms with E-state index in [1.54, 1.807) is 17.4 Å². The van der Waals surface area contributed by atoms with Crippen LogP contribution >= 0.6 is 11.3 Å². The summed E-state index contributed by atoms with van der Waals surface area (Å²) in [7, 11) is 0. The number of carbonyl (C=O) groups is 1. The van der Waals surface area contributed by atoms with Gasteiger partial charge >= 0.3 is 0 Å². The van der Waals surface area contributed by atoms with Crippen LogP contribution in [-0.2, 0) is 4.79 Å². The summed E-state index contributed by atoms with van der Waals surface area (Å²) in [6, 6.07) is 0. The maximum atomic E-state index is 11.5. The second kappa shape index (κ2) is 6.11. The predicted molar refractivity (Wildman–Crippen MR) is 74.4 cm³/mol. The largest absolute Gasteiger partial charge is 0.391 e. The molecule has 1 amide bonds. The molecule has 0 saturated carbocycles. The molecule has 0 aromatic carbocycles. The summed E-state index contributed by atoms with van der Waals surface area (Å²) in [6.45, 7) is 7.96. The van der Waals surface area contributed by atoms with Crippen molar-refractivity contribution >= 4 is 23.3 Å². The van der Waals surface area contributed by atoms with E-state index in [2.05, 4.69) is 10.3 Å². The van der Waals surface area contributed by atoms with Crippen LogP contribution in [0, 0.1) is 12.3 Å². The number of aliphatic hydroxyl groups is 1. The molecule has 1 atom stereocenters. The summed E-state index contributed by atoms with van der Waals surface area (Å²) >= 11 is 1.54. The minimum atomic E-state index is -0.559. The zero-order valence-corrected chi connectivity index (χ0v) is 12.0. The summed E-state index contributed by atoms with van der Waals surface area (Å²) in [5.74, 6) is -0.219. The molecule has 0 aliphatic rings. The van der Waals surface area contributed by atoms with Crippen molar-refractivity contribution in [1.29, 1.82) is 0 Å². The molecule has 0 aliphatic carbocycles. The maximum Gasteiger partial charge on any atom is 0.244 e.